The van der Waals surface area contributed by atoms with E-state index in [9.17, 15) is 0 Å². The maximum atomic E-state index is 4.91. The molecule has 6 aromatic rings. The Balaban J connectivity index is 1.09. The Bertz CT molecular complexity index is 2650. The van der Waals surface area contributed by atoms with Gasteiger partial charge in [-0.25, -0.2) is 0 Å². The van der Waals surface area contributed by atoms with Gasteiger partial charge >= 0.3 is 298 Å². The number of rotatable bonds is 3. The van der Waals surface area contributed by atoms with Crippen LogP contribution in [0.25, 0.3) is 92.7 Å². The van der Waals surface area contributed by atoms with Crippen LogP contribution in [0.1, 0.15) is 45.6 Å². The van der Waals surface area contributed by atoms with E-state index in [4.69, 9.17) is 19.9 Å². The van der Waals surface area contributed by atoms with Crippen molar-refractivity contribution in [2.75, 3.05) is 0 Å². The summed E-state index contributed by atoms with van der Waals surface area (Å²) in [5.74, 6) is 0. The third kappa shape index (κ3) is 6.02. The quantitative estimate of drug-likeness (QED) is 0.146. The fourth-order valence-electron chi connectivity index (χ4n) is 6.21. The van der Waals surface area contributed by atoms with Crippen LogP contribution in [-0.2, 0) is 0 Å². The number of hydrogen-bond acceptors (Lipinski definition) is 4. The molecule has 0 saturated heterocycles. The van der Waals surface area contributed by atoms with Gasteiger partial charge in [-0.3, -0.25) is 0 Å². The number of fused-ring (bicyclic) bond motifs is 16. The Morgan fingerprint density at radius 3 is 0.900 bits per heavy atom. The minimum absolute atomic E-state index is 0.162. The van der Waals surface area contributed by atoms with E-state index < -0.39 is 0 Å². The first kappa shape index (κ1) is 29.2. The monoisotopic (exact) mass is 778 g/mol. The zero-order valence-corrected chi connectivity index (χ0v) is 29.7. The van der Waals surface area contributed by atoms with Crippen molar-refractivity contribution in [1.29, 1.82) is 0 Å². The molecule has 8 nitrogen and oxygen atoms in total. The zero-order chi connectivity index (χ0) is 33.0. The molecule has 0 unspecified atom stereocenters. The average molecular weight is 777 g/mol. The molecule has 0 aromatic carbocycles. The van der Waals surface area contributed by atoms with Crippen molar-refractivity contribution < 1.29 is 0 Å². The molecule has 0 radical (unpaired) electrons. The van der Waals surface area contributed by atoms with Crippen molar-refractivity contribution in [3.63, 3.8) is 0 Å². The summed E-state index contributed by atoms with van der Waals surface area (Å²) in [5, 5.41) is 0. The molecule has 6 aromatic heterocycles. The Hall–Kier alpha value is -5.76. The predicted octanol–water partition coefficient (Wildman–Crippen LogP) is 6.90. The van der Waals surface area contributed by atoms with E-state index in [1.54, 1.807) is 0 Å². The molecule has 10 heterocycles. The molecule has 0 fully saturated rings. The van der Waals surface area contributed by atoms with Gasteiger partial charge in [0.25, 0.3) is 0 Å². The topological polar surface area (TPSA) is 115 Å². The number of aromatic amines is 4. The standard InChI is InChI=1S/C40H26N8Se2/c1-3-25-15-29-9-11-33(45-29)19-37-39(21-35(47-37)17-31-7-5-27(43-31)13-23(1)41-25)49-50-40-22-36-18-32-8-6-28(44-32)14-24-2-4-26(42-24)16-30-10-12-34(46-30)20-38(40)48-36/h1-22,41-42,47-48H. The van der Waals surface area contributed by atoms with Crippen LogP contribution in [0.4, 0.5) is 0 Å². The number of H-pyrrole nitrogens is 4. The van der Waals surface area contributed by atoms with Crippen molar-refractivity contribution >= 4 is 128 Å². The van der Waals surface area contributed by atoms with Crippen LogP contribution < -0.4 is 8.92 Å². The second-order valence-electron chi connectivity index (χ2n) is 12.2. The molecule has 0 aliphatic carbocycles. The van der Waals surface area contributed by atoms with Crippen LogP contribution in [0.3, 0.4) is 0 Å². The van der Waals surface area contributed by atoms with Crippen molar-refractivity contribution in [2.24, 2.45) is 0 Å². The maximum absolute atomic E-state index is 4.91. The molecular weight excluding hydrogens is 750 g/mol. The molecule has 10 rings (SSSR count). The van der Waals surface area contributed by atoms with E-state index in [0.29, 0.717) is 0 Å². The third-order valence-electron chi connectivity index (χ3n) is 8.48. The van der Waals surface area contributed by atoms with E-state index in [-0.39, 0.29) is 26.3 Å². The Morgan fingerprint density at radius 1 is 0.300 bits per heavy atom. The summed E-state index contributed by atoms with van der Waals surface area (Å²) in [6.07, 6.45) is 16.5. The van der Waals surface area contributed by atoms with Gasteiger partial charge in [0.15, 0.2) is 0 Å². The van der Waals surface area contributed by atoms with E-state index >= 15 is 0 Å². The number of nitrogens with zero attached hydrogens (tertiary/aromatic N) is 4. The average Bonchev–Trinajstić information content (AvgIpc) is 3.94. The third-order valence-corrected chi connectivity index (χ3v) is 15.7. The number of nitrogens with one attached hydrogen (secondary N) is 4. The fraction of sp³-hybridized carbons (Fsp3) is 0. The predicted molar refractivity (Wildman–Crippen MR) is 208 cm³/mol. The first-order valence-corrected chi connectivity index (χ1v) is 22.1. The van der Waals surface area contributed by atoms with Gasteiger partial charge in [0.05, 0.1) is 0 Å². The molecule has 10 heteroatoms. The molecule has 0 amide bonds. The first-order chi connectivity index (χ1) is 24.6. The summed E-state index contributed by atoms with van der Waals surface area (Å²) in [5.41, 5.74) is 15.6. The fourth-order valence-corrected chi connectivity index (χ4v) is 13.1. The first-order valence-electron chi connectivity index (χ1n) is 16.1. The van der Waals surface area contributed by atoms with Gasteiger partial charge in [0.1, 0.15) is 0 Å². The molecule has 0 atom stereocenters. The Morgan fingerprint density at radius 2 is 0.580 bits per heavy atom. The summed E-state index contributed by atoms with van der Waals surface area (Å²) in [4.78, 5) is 33.8. The molecule has 238 valence electrons. The van der Waals surface area contributed by atoms with Gasteiger partial charge < -0.3 is 0 Å². The van der Waals surface area contributed by atoms with Gasteiger partial charge in [0, 0.05) is 0 Å². The SMILES string of the molecule is C1=Cc2cc3cc([Se][Se]c4cc5cc6nc(cc7ccc(cc8nc(cc4[nH]5)C=C8)[nH]7)C=C6)c(cc4nc(cc5ccc(cc1n2)[nH]5)C=C4)[nH]3. The van der Waals surface area contributed by atoms with E-state index in [1.165, 1.54) is 8.92 Å². The van der Waals surface area contributed by atoms with E-state index in [2.05, 4.69) is 153 Å². The minimum atomic E-state index is 0.162. The second kappa shape index (κ2) is 12.0. The van der Waals surface area contributed by atoms with Crippen LogP contribution in [-0.4, -0.2) is 66.1 Å². The second-order valence-corrected chi connectivity index (χ2v) is 18.4. The molecular formula is C40H26N8Se2. The molecule has 4 aliphatic rings. The molecule has 16 bridgehead atoms. The summed E-state index contributed by atoms with van der Waals surface area (Å²) in [6, 6.07) is 29.7. The summed E-state index contributed by atoms with van der Waals surface area (Å²) < 4.78 is 2.60. The van der Waals surface area contributed by atoms with Crippen LogP contribution in [0.15, 0.2) is 84.9 Å². The van der Waals surface area contributed by atoms with E-state index in [0.717, 1.165) is 89.7 Å². The van der Waals surface area contributed by atoms with Crippen LogP contribution >= 0.6 is 0 Å². The van der Waals surface area contributed by atoms with Gasteiger partial charge in [-0.15, -0.1) is 0 Å². The van der Waals surface area contributed by atoms with Gasteiger partial charge in [-0.1, -0.05) is 0 Å². The molecule has 4 aliphatic heterocycles. The Labute approximate surface area is 296 Å². The van der Waals surface area contributed by atoms with Crippen molar-refractivity contribution in [1.82, 2.24) is 39.9 Å². The van der Waals surface area contributed by atoms with Crippen LogP contribution in [0.2, 0.25) is 0 Å². The van der Waals surface area contributed by atoms with Gasteiger partial charge in [-0.05, 0) is 0 Å². The van der Waals surface area contributed by atoms with Crippen LogP contribution in [0.5, 0.6) is 0 Å². The zero-order valence-electron chi connectivity index (χ0n) is 26.3. The molecule has 50 heavy (non-hydrogen) atoms. The normalized spacial score (nSPS) is 13.0. The molecule has 0 saturated carbocycles. The van der Waals surface area contributed by atoms with Gasteiger partial charge in [-0.2, -0.15) is 0 Å². The van der Waals surface area contributed by atoms with Crippen LogP contribution in [0, 0.1) is 0 Å². The number of hydrogen-bond donors (Lipinski definition) is 4. The molecule has 0 spiro atoms. The number of aromatic nitrogens is 8. The summed E-state index contributed by atoms with van der Waals surface area (Å²) >= 11 is 0.325. The van der Waals surface area contributed by atoms with Crippen molar-refractivity contribution in [3.05, 3.63) is 130 Å². The van der Waals surface area contributed by atoms with Crippen molar-refractivity contribution in [2.45, 2.75) is 0 Å². The molecule has 4 N–H and O–H groups in total. The Kier molecular flexibility index (Phi) is 6.99. The van der Waals surface area contributed by atoms with E-state index in [1.807, 2.05) is 0 Å². The van der Waals surface area contributed by atoms with Gasteiger partial charge in [0.2, 0.25) is 0 Å². The summed E-state index contributed by atoms with van der Waals surface area (Å²) in [6.45, 7) is 0. The summed E-state index contributed by atoms with van der Waals surface area (Å²) in [7, 11) is 0. The van der Waals surface area contributed by atoms with Crippen molar-refractivity contribution in [3.8, 4) is 0 Å².